The number of likely N-dealkylation sites (tertiary alicyclic amines) is 1. The fourth-order valence-corrected chi connectivity index (χ4v) is 5.15. The molecule has 6 heteroatoms. The van der Waals surface area contributed by atoms with E-state index in [1.807, 2.05) is 37.6 Å². The number of piperidine rings is 1. The van der Waals surface area contributed by atoms with Gasteiger partial charge in [0, 0.05) is 31.1 Å². The van der Waals surface area contributed by atoms with E-state index in [9.17, 15) is 4.79 Å². The Hall–Kier alpha value is -3.01. The van der Waals surface area contributed by atoms with Crippen molar-refractivity contribution in [3.05, 3.63) is 90.3 Å². The molecule has 1 saturated heterocycles. The van der Waals surface area contributed by atoms with Crippen LogP contribution < -0.4 is 5.32 Å². The number of carbonyl (C=O) groups excluding carboxylic acids is 1. The number of hydrogen-bond donors (Lipinski definition) is 1. The zero-order chi connectivity index (χ0) is 25.6. The van der Waals surface area contributed by atoms with Gasteiger partial charge >= 0.3 is 0 Å². The molecular formula is C30H38N4OS. The van der Waals surface area contributed by atoms with Gasteiger partial charge in [-0.05, 0) is 93.4 Å². The minimum absolute atomic E-state index is 0.0316. The molecule has 1 unspecified atom stereocenters. The number of allylic oxidation sites excluding steroid dienone is 1. The first kappa shape index (κ1) is 27.6. The number of nitrogens with one attached hydrogen (secondary N) is 1. The number of thioether (sulfide) groups is 1. The van der Waals surface area contributed by atoms with Crippen LogP contribution >= 0.6 is 11.8 Å². The Morgan fingerprint density at radius 2 is 1.94 bits per heavy atom. The van der Waals surface area contributed by atoms with Crippen molar-refractivity contribution in [3.8, 4) is 6.07 Å². The molecule has 1 amide bonds. The van der Waals surface area contributed by atoms with Gasteiger partial charge in [-0.1, -0.05) is 42.5 Å². The van der Waals surface area contributed by atoms with E-state index in [0.717, 1.165) is 24.6 Å². The molecule has 1 fully saturated rings. The van der Waals surface area contributed by atoms with E-state index in [1.165, 1.54) is 61.3 Å². The van der Waals surface area contributed by atoms with Crippen molar-refractivity contribution >= 4 is 23.4 Å². The van der Waals surface area contributed by atoms with Crippen LogP contribution in [0.15, 0.2) is 79.1 Å². The third-order valence-corrected chi connectivity index (χ3v) is 7.56. The fraction of sp³-hybridized carbons (Fsp3) is 0.400. The first-order valence-electron chi connectivity index (χ1n) is 12.8. The number of anilines is 1. The molecule has 190 valence electrons. The SMILES string of the molecule is CCN(/C=C\C#N)C(=O)C(C=CNc1cccc(CCN2CCC(Cc3ccccc3)CC2)c1)SC. The first-order valence-corrected chi connectivity index (χ1v) is 14.1. The molecule has 36 heavy (non-hydrogen) atoms. The third kappa shape index (κ3) is 8.89. The Bertz CT molecular complexity index is 1040. The highest BCUT2D eigenvalue weighted by Crippen LogP contribution is 2.22. The first-order chi connectivity index (χ1) is 17.6. The average molecular weight is 503 g/mol. The minimum Gasteiger partial charge on any atom is -0.362 e. The standard InChI is InChI=1S/C30H38N4OS/c1-3-34(19-8-17-31)30(35)29(36-2)13-18-32-28-12-7-11-26(24-28)14-20-33-21-15-27(16-22-33)23-25-9-5-4-6-10-25/h4-13,18-19,24,27,29,32H,3,14-16,20-23H2,1-2H3/b18-13?,19-8-. The number of nitrogens with zero attached hydrogens (tertiary/aromatic N) is 3. The zero-order valence-electron chi connectivity index (χ0n) is 21.5. The number of rotatable bonds is 12. The lowest BCUT2D eigenvalue weighted by molar-refractivity contribution is -0.127. The molecule has 2 aromatic carbocycles. The van der Waals surface area contributed by atoms with Crippen molar-refractivity contribution in [1.82, 2.24) is 9.80 Å². The Morgan fingerprint density at radius 3 is 2.64 bits per heavy atom. The highest BCUT2D eigenvalue weighted by molar-refractivity contribution is 8.00. The van der Waals surface area contributed by atoms with Crippen molar-refractivity contribution < 1.29 is 4.79 Å². The van der Waals surface area contributed by atoms with Crippen molar-refractivity contribution in [2.45, 2.75) is 37.9 Å². The molecule has 1 atom stereocenters. The molecule has 2 aromatic rings. The molecule has 1 heterocycles. The maximum atomic E-state index is 12.7. The van der Waals surface area contributed by atoms with E-state index in [4.69, 9.17) is 5.26 Å². The lowest BCUT2D eigenvalue weighted by Gasteiger charge is -2.32. The molecule has 1 aliphatic rings. The molecule has 0 saturated carbocycles. The van der Waals surface area contributed by atoms with Gasteiger partial charge in [0.25, 0.3) is 0 Å². The second-order valence-corrected chi connectivity index (χ2v) is 10.1. The minimum atomic E-state index is -0.311. The molecule has 0 aliphatic carbocycles. The number of benzene rings is 2. The number of carbonyl (C=O) groups is 1. The predicted octanol–water partition coefficient (Wildman–Crippen LogP) is 5.73. The van der Waals surface area contributed by atoms with Crippen LogP contribution in [0.4, 0.5) is 5.69 Å². The summed E-state index contributed by atoms with van der Waals surface area (Å²) in [5.74, 6) is 0.766. The van der Waals surface area contributed by atoms with Crippen LogP contribution in [0.3, 0.4) is 0 Å². The predicted molar refractivity (Wildman–Crippen MR) is 152 cm³/mol. The highest BCUT2D eigenvalue weighted by Gasteiger charge is 2.20. The van der Waals surface area contributed by atoms with Crippen LogP contribution in [-0.2, 0) is 17.6 Å². The van der Waals surface area contributed by atoms with Gasteiger partial charge in [-0.15, -0.1) is 11.8 Å². The molecule has 1 N–H and O–H groups in total. The maximum Gasteiger partial charge on any atom is 0.243 e. The van der Waals surface area contributed by atoms with Crippen LogP contribution in [-0.4, -0.2) is 53.4 Å². The van der Waals surface area contributed by atoms with Gasteiger partial charge in [0.05, 0.1) is 6.07 Å². The fourth-order valence-electron chi connectivity index (χ4n) is 4.58. The Labute approximate surface area is 220 Å². The molecule has 1 aliphatic heterocycles. The second-order valence-electron chi connectivity index (χ2n) is 9.15. The van der Waals surface area contributed by atoms with Gasteiger partial charge in [-0.2, -0.15) is 5.26 Å². The smallest absolute Gasteiger partial charge is 0.243 e. The van der Waals surface area contributed by atoms with E-state index in [-0.39, 0.29) is 11.2 Å². The van der Waals surface area contributed by atoms with Crippen molar-refractivity contribution in [2.24, 2.45) is 5.92 Å². The summed E-state index contributed by atoms with van der Waals surface area (Å²) in [5, 5.41) is 11.8. The Morgan fingerprint density at radius 1 is 1.19 bits per heavy atom. The van der Waals surface area contributed by atoms with Gasteiger partial charge in [0.2, 0.25) is 5.91 Å². The second kappa shape index (κ2) is 15.2. The van der Waals surface area contributed by atoms with Gasteiger partial charge < -0.3 is 15.1 Å². The topological polar surface area (TPSA) is 59.4 Å². The summed E-state index contributed by atoms with van der Waals surface area (Å²) >= 11 is 1.48. The molecule has 0 spiro atoms. The maximum absolute atomic E-state index is 12.7. The molecule has 0 radical (unpaired) electrons. The summed E-state index contributed by atoms with van der Waals surface area (Å²) < 4.78 is 0. The number of hydrogen-bond acceptors (Lipinski definition) is 5. The summed E-state index contributed by atoms with van der Waals surface area (Å²) in [6.45, 7) is 5.88. The van der Waals surface area contributed by atoms with Gasteiger partial charge in [-0.3, -0.25) is 4.79 Å². The van der Waals surface area contributed by atoms with E-state index < -0.39 is 0 Å². The lowest BCUT2D eigenvalue weighted by Crippen LogP contribution is -2.35. The third-order valence-electron chi connectivity index (χ3n) is 6.69. The van der Waals surface area contributed by atoms with Crippen LogP contribution in [0.1, 0.15) is 30.9 Å². The van der Waals surface area contributed by atoms with Crippen molar-refractivity contribution in [2.75, 3.05) is 37.8 Å². The zero-order valence-corrected chi connectivity index (χ0v) is 22.3. The van der Waals surface area contributed by atoms with Crippen LogP contribution in [0.5, 0.6) is 0 Å². The molecular weight excluding hydrogens is 464 g/mol. The Kier molecular flexibility index (Phi) is 11.6. The molecule has 5 nitrogen and oxygen atoms in total. The van der Waals surface area contributed by atoms with Crippen molar-refractivity contribution in [3.63, 3.8) is 0 Å². The summed E-state index contributed by atoms with van der Waals surface area (Å²) in [4.78, 5) is 16.9. The van der Waals surface area contributed by atoms with E-state index in [2.05, 4.69) is 58.7 Å². The van der Waals surface area contributed by atoms with Crippen molar-refractivity contribution in [1.29, 1.82) is 5.26 Å². The number of amides is 1. The lowest BCUT2D eigenvalue weighted by atomic mass is 9.90. The van der Waals surface area contributed by atoms with Gasteiger partial charge in [0.1, 0.15) is 5.25 Å². The monoisotopic (exact) mass is 502 g/mol. The quantitative estimate of drug-likeness (QED) is 0.376. The highest BCUT2D eigenvalue weighted by atomic mass is 32.2. The molecule has 0 bridgehead atoms. The summed E-state index contributed by atoms with van der Waals surface area (Å²) in [7, 11) is 0. The van der Waals surface area contributed by atoms with Gasteiger partial charge in [-0.25, -0.2) is 0 Å². The largest absolute Gasteiger partial charge is 0.362 e. The van der Waals surface area contributed by atoms with E-state index in [1.54, 1.807) is 11.1 Å². The van der Waals surface area contributed by atoms with Crippen LogP contribution in [0, 0.1) is 17.2 Å². The van der Waals surface area contributed by atoms with Crippen LogP contribution in [0.25, 0.3) is 0 Å². The van der Waals surface area contributed by atoms with E-state index >= 15 is 0 Å². The summed E-state index contributed by atoms with van der Waals surface area (Å²) in [6.07, 6.45) is 13.3. The normalized spacial score (nSPS) is 15.7. The summed E-state index contributed by atoms with van der Waals surface area (Å²) in [5.41, 5.74) is 3.80. The number of nitriles is 1. The molecule has 0 aromatic heterocycles. The Balaban J connectivity index is 1.44. The molecule has 3 rings (SSSR count). The van der Waals surface area contributed by atoms with Crippen LogP contribution in [0.2, 0.25) is 0 Å². The van der Waals surface area contributed by atoms with Gasteiger partial charge in [0.15, 0.2) is 0 Å². The van der Waals surface area contributed by atoms with E-state index in [0.29, 0.717) is 6.54 Å². The average Bonchev–Trinajstić information content (AvgIpc) is 2.92. The summed E-state index contributed by atoms with van der Waals surface area (Å²) in [6, 6.07) is 21.3.